The zero-order valence-electron chi connectivity index (χ0n) is 5.08. The molecule has 0 amide bonds. The van der Waals surface area contributed by atoms with Gasteiger partial charge in [-0.15, -0.1) is 0 Å². The number of rotatable bonds is 2. The molecule has 0 rings (SSSR count). The van der Waals surface area contributed by atoms with Crippen LogP contribution in [0, 0.1) is 0 Å². The molecule has 0 spiro atoms. The van der Waals surface area contributed by atoms with E-state index in [2.05, 4.69) is 3.63 Å². The van der Waals surface area contributed by atoms with Crippen LogP contribution in [0.1, 0.15) is 0 Å². The van der Waals surface area contributed by atoms with Gasteiger partial charge in [0.25, 0.3) is 21.2 Å². The molecule has 11 heavy (non-hydrogen) atoms. The first-order chi connectivity index (χ1) is 4.63. The summed E-state index contributed by atoms with van der Waals surface area (Å²) < 4.78 is 66.8. The summed E-state index contributed by atoms with van der Waals surface area (Å²) in [6.45, 7) is 0. The molecule has 0 aliphatic rings. The molecule has 1 atom stereocenters. The van der Waals surface area contributed by atoms with E-state index in [4.69, 9.17) is 0 Å². The Kier molecular flexibility index (Phi) is 3.03. The molecular formula is C2H3F3O4S2. The summed E-state index contributed by atoms with van der Waals surface area (Å²) >= 11 is -3.79. The van der Waals surface area contributed by atoms with Crippen LogP contribution in [0.2, 0.25) is 0 Å². The Morgan fingerprint density at radius 2 is 1.73 bits per heavy atom. The van der Waals surface area contributed by atoms with Gasteiger partial charge >= 0.3 is 5.51 Å². The Bertz CT molecular complexity index is 251. The Balaban J connectivity index is 4.35. The highest BCUT2D eigenvalue weighted by molar-refractivity contribution is 7.96. The summed E-state index contributed by atoms with van der Waals surface area (Å²) in [6.07, 6.45) is 0.372. The maximum Gasteiger partial charge on any atom is 0.498 e. The van der Waals surface area contributed by atoms with Gasteiger partial charge in [-0.1, -0.05) is 0 Å². The lowest BCUT2D eigenvalue weighted by Gasteiger charge is -2.02. The van der Waals surface area contributed by atoms with Crippen LogP contribution in [-0.4, -0.2) is 24.4 Å². The first-order valence-electron chi connectivity index (χ1n) is 2.01. The minimum atomic E-state index is -5.16. The molecular weight excluding hydrogens is 209 g/mol. The predicted molar refractivity (Wildman–Crippen MR) is 30.1 cm³/mol. The van der Waals surface area contributed by atoms with Gasteiger partial charge in [-0.2, -0.15) is 25.2 Å². The smallest absolute Gasteiger partial charge is 0.219 e. The van der Waals surface area contributed by atoms with Gasteiger partial charge < -0.3 is 0 Å². The summed E-state index contributed by atoms with van der Waals surface area (Å²) in [7, 11) is -4.33. The van der Waals surface area contributed by atoms with Crippen LogP contribution in [0.5, 0.6) is 0 Å². The van der Waals surface area contributed by atoms with E-state index in [9.17, 15) is 25.8 Å². The lowest BCUT2D eigenvalue weighted by Crippen LogP contribution is -2.21. The highest BCUT2D eigenvalue weighted by atomic mass is 32.3. The topological polar surface area (TPSA) is 60.4 Å². The molecule has 0 aromatic heterocycles. The van der Waals surface area contributed by atoms with Crippen molar-refractivity contribution in [2.75, 3.05) is 6.26 Å². The van der Waals surface area contributed by atoms with Crippen molar-refractivity contribution in [1.29, 1.82) is 0 Å². The summed E-state index contributed by atoms with van der Waals surface area (Å²) in [6, 6.07) is 0. The van der Waals surface area contributed by atoms with Gasteiger partial charge in [0.1, 0.15) is 0 Å². The minimum absolute atomic E-state index is 0.372. The molecule has 0 aromatic carbocycles. The molecule has 0 fully saturated rings. The van der Waals surface area contributed by atoms with Gasteiger partial charge in [0.2, 0.25) is 0 Å². The number of hydrogen-bond donors (Lipinski definition) is 0. The van der Waals surface area contributed by atoms with Crippen LogP contribution in [-0.2, 0) is 24.8 Å². The SMILES string of the molecule is CS(=O)(=O)OS(=O)C(F)(F)F. The van der Waals surface area contributed by atoms with Crippen LogP contribution in [0.25, 0.3) is 0 Å². The van der Waals surface area contributed by atoms with E-state index in [0.717, 1.165) is 0 Å². The van der Waals surface area contributed by atoms with E-state index in [0.29, 0.717) is 6.26 Å². The molecule has 1 unspecified atom stereocenters. The average Bonchev–Trinajstić information content (AvgIpc) is 1.56. The van der Waals surface area contributed by atoms with E-state index >= 15 is 0 Å². The van der Waals surface area contributed by atoms with Crippen molar-refractivity contribution < 1.29 is 29.4 Å². The molecule has 0 aromatic rings. The molecule has 0 radical (unpaired) electrons. The van der Waals surface area contributed by atoms with Crippen molar-refractivity contribution in [3.8, 4) is 0 Å². The fourth-order valence-electron chi connectivity index (χ4n) is 0.151. The van der Waals surface area contributed by atoms with Gasteiger partial charge in [-0.05, 0) is 0 Å². The summed E-state index contributed by atoms with van der Waals surface area (Å²) in [5.74, 6) is 0. The molecule has 0 saturated heterocycles. The standard InChI is InChI=1S/C2H3F3O4S2/c1-11(7,8)9-10(6)2(3,4)5/h1H3. The van der Waals surface area contributed by atoms with Crippen molar-refractivity contribution in [3.63, 3.8) is 0 Å². The van der Waals surface area contributed by atoms with Crippen molar-refractivity contribution >= 4 is 21.2 Å². The lowest BCUT2D eigenvalue weighted by atomic mass is 11.6. The van der Waals surface area contributed by atoms with Crippen LogP contribution in [0.4, 0.5) is 13.2 Å². The van der Waals surface area contributed by atoms with Gasteiger partial charge in [0.15, 0.2) is 0 Å². The Hall–Kier alpha value is -0.150. The van der Waals surface area contributed by atoms with E-state index in [1.807, 2.05) is 0 Å². The molecule has 4 nitrogen and oxygen atoms in total. The van der Waals surface area contributed by atoms with Crippen molar-refractivity contribution in [2.45, 2.75) is 5.51 Å². The van der Waals surface area contributed by atoms with Crippen LogP contribution in [0.15, 0.2) is 0 Å². The van der Waals surface area contributed by atoms with Gasteiger partial charge in [0.05, 0.1) is 6.26 Å². The van der Waals surface area contributed by atoms with E-state index in [1.165, 1.54) is 0 Å². The van der Waals surface area contributed by atoms with Crippen molar-refractivity contribution in [3.05, 3.63) is 0 Å². The number of halogens is 3. The zero-order valence-corrected chi connectivity index (χ0v) is 6.72. The Morgan fingerprint density at radius 3 is 1.82 bits per heavy atom. The molecule has 0 aliphatic carbocycles. The Labute approximate surface area is 63.1 Å². The fraction of sp³-hybridized carbons (Fsp3) is 1.00. The molecule has 0 N–H and O–H groups in total. The quantitative estimate of drug-likeness (QED) is 0.653. The van der Waals surface area contributed by atoms with E-state index < -0.39 is 26.7 Å². The largest absolute Gasteiger partial charge is 0.498 e. The summed E-state index contributed by atoms with van der Waals surface area (Å²) in [5.41, 5.74) is -5.16. The van der Waals surface area contributed by atoms with Crippen LogP contribution < -0.4 is 0 Å². The monoisotopic (exact) mass is 212 g/mol. The second kappa shape index (κ2) is 3.07. The summed E-state index contributed by atoms with van der Waals surface area (Å²) in [4.78, 5) is 0. The fourth-order valence-corrected chi connectivity index (χ4v) is 1.36. The van der Waals surface area contributed by atoms with Gasteiger partial charge in [-0.25, -0.2) is 4.21 Å². The van der Waals surface area contributed by atoms with Gasteiger partial charge in [0, 0.05) is 0 Å². The van der Waals surface area contributed by atoms with Crippen LogP contribution >= 0.6 is 0 Å². The molecule has 0 bridgehead atoms. The first kappa shape index (κ1) is 10.8. The van der Waals surface area contributed by atoms with Crippen molar-refractivity contribution in [2.24, 2.45) is 0 Å². The average molecular weight is 212 g/mol. The summed E-state index contributed by atoms with van der Waals surface area (Å²) in [5, 5.41) is 0. The highest BCUT2D eigenvalue weighted by Gasteiger charge is 2.40. The van der Waals surface area contributed by atoms with E-state index in [1.54, 1.807) is 0 Å². The first-order valence-corrected chi connectivity index (χ1v) is 4.90. The predicted octanol–water partition coefficient (Wildman–Crippen LogP) is 0.146. The third-order valence-electron chi connectivity index (χ3n) is 0.374. The lowest BCUT2D eigenvalue weighted by molar-refractivity contribution is -0.0436. The maximum absolute atomic E-state index is 11.3. The molecule has 9 heteroatoms. The molecule has 0 aliphatic heterocycles. The van der Waals surface area contributed by atoms with E-state index in [-0.39, 0.29) is 0 Å². The third kappa shape index (κ3) is 5.16. The zero-order chi connectivity index (χ0) is 9.28. The van der Waals surface area contributed by atoms with Gasteiger partial charge in [-0.3, -0.25) is 0 Å². The second-order valence-corrected chi connectivity index (χ2v) is 4.34. The normalized spacial score (nSPS) is 16.4. The Morgan fingerprint density at radius 1 is 1.36 bits per heavy atom. The third-order valence-corrected chi connectivity index (χ3v) is 2.24. The maximum atomic E-state index is 11.3. The highest BCUT2D eigenvalue weighted by Crippen LogP contribution is 2.21. The number of hydrogen-bond acceptors (Lipinski definition) is 4. The second-order valence-electron chi connectivity index (χ2n) is 1.45. The minimum Gasteiger partial charge on any atom is -0.219 e. The van der Waals surface area contributed by atoms with Crippen molar-refractivity contribution in [1.82, 2.24) is 0 Å². The van der Waals surface area contributed by atoms with Crippen LogP contribution in [0.3, 0.4) is 0 Å². The molecule has 68 valence electrons. The number of alkyl halides is 3. The molecule has 0 heterocycles. The molecule has 0 saturated carbocycles.